The molecule has 3 rings (SSSR count). The number of nitrogens with zero attached hydrogens (tertiary/aromatic N) is 2. The third-order valence-electron chi connectivity index (χ3n) is 4.26. The van der Waals surface area contributed by atoms with Crippen molar-refractivity contribution in [1.82, 2.24) is 4.90 Å². The first kappa shape index (κ1) is 16.0. The van der Waals surface area contributed by atoms with Gasteiger partial charge in [0.15, 0.2) is 0 Å². The molecule has 1 saturated heterocycles. The SMILES string of the molecule is N#Cc1cccc(OC(CCN2CCCCC2)c2cccs2)c1. The van der Waals surface area contributed by atoms with Crippen LogP contribution in [0, 0.1) is 11.3 Å². The molecule has 1 aliphatic rings. The molecule has 1 aromatic heterocycles. The number of benzene rings is 1. The predicted octanol–water partition coefficient (Wildman–Crippen LogP) is 4.62. The van der Waals surface area contributed by atoms with Gasteiger partial charge in [-0.05, 0) is 55.6 Å². The highest BCUT2D eigenvalue weighted by Gasteiger charge is 2.18. The minimum atomic E-state index is 0.0610. The Hall–Kier alpha value is -1.83. The average Bonchev–Trinajstić information content (AvgIpc) is 3.14. The fourth-order valence-electron chi connectivity index (χ4n) is 3.02. The van der Waals surface area contributed by atoms with Crippen LogP contribution in [0.2, 0.25) is 0 Å². The molecule has 1 aliphatic heterocycles. The Morgan fingerprint density at radius 1 is 1.17 bits per heavy atom. The van der Waals surface area contributed by atoms with Crippen molar-refractivity contribution in [1.29, 1.82) is 5.26 Å². The Morgan fingerprint density at radius 2 is 2.04 bits per heavy atom. The van der Waals surface area contributed by atoms with Crippen LogP contribution < -0.4 is 4.74 Å². The van der Waals surface area contributed by atoms with E-state index in [1.165, 1.54) is 37.2 Å². The number of piperidine rings is 1. The zero-order valence-corrected chi connectivity index (χ0v) is 14.1. The summed E-state index contributed by atoms with van der Waals surface area (Å²) >= 11 is 1.74. The van der Waals surface area contributed by atoms with Crippen LogP contribution in [-0.4, -0.2) is 24.5 Å². The van der Waals surface area contributed by atoms with Crippen molar-refractivity contribution in [3.05, 3.63) is 52.2 Å². The monoisotopic (exact) mass is 326 g/mol. The van der Waals surface area contributed by atoms with Gasteiger partial charge in [0.2, 0.25) is 0 Å². The molecule has 0 bridgehead atoms. The number of nitriles is 1. The average molecular weight is 326 g/mol. The van der Waals surface area contributed by atoms with Crippen LogP contribution in [0.15, 0.2) is 41.8 Å². The van der Waals surface area contributed by atoms with Crippen LogP contribution in [0.5, 0.6) is 5.75 Å². The summed E-state index contributed by atoms with van der Waals surface area (Å²) in [4.78, 5) is 3.79. The molecule has 0 amide bonds. The predicted molar refractivity (Wildman–Crippen MR) is 93.8 cm³/mol. The topological polar surface area (TPSA) is 36.3 Å². The molecule has 3 nitrogen and oxygen atoms in total. The Balaban J connectivity index is 1.67. The molecule has 0 saturated carbocycles. The molecule has 23 heavy (non-hydrogen) atoms. The smallest absolute Gasteiger partial charge is 0.134 e. The maximum Gasteiger partial charge on any atom is 0.134 e. The molecule has 0 N–H and O–H groups in total. The van der Waals surface area contributed by atoms with E-state index < -0.39 is 0 Å². The van der Waals surface area contributed by atoms with Crippen molar-refractivity contribution < 1.29 is 4.74 Å². The molecular formula is C19H22N2OS. The largest absolute Gasteiger partial charge is 0.485 e. The Bertz CT molecular complexity index is 642. The maximum absolute atomic E-state index is 9.04. The third-order valence-corrected chi connectivity index (χ3v) is 5.22. The molecule has 0 aliphatic carbocycles. The fourth-order valence-corrected chi connectivity index (χ4v) is 3.81. The van der Waals surface area contributed by atoms with Crippen LogP contribution in [-0.2, 0) is 0 Å². The molecule has 0 radical (unpaired) electrons. The zero-order valence-electron chi connectivity index (χ0n) is 13.3. The van der Waals surface area contributed by atoms with Crippen molar-refractivity contribution in [2.24, 2.45) is 0 Å². The minimum Gasteiger partial charge on any atom is -0.485 e. The molecule has 1 aromatic carbocycles. The van der Waals surface area contributed by atoms with Gasteiger partial charge in [0.05, 0.1) is 11.6 Å². The van der Waals surface area contributed by atoms with Gasteiger partial charge in [-0.3, -0.25) is 0 Å². The van der Waals surface area contributed by atoms with E-state index in [0.717, 1.165) is 18.7 Å². The molecule has 4 heteroatoms. The van der Waals surface area contributed by atoms with Gasteiger partial charge in [-0.15, -0.1) is 11.3 Å². The second-order valence-electron chi connectivity index (χ2n) is 5.95. The lowest BCUT2D eigenvalue weighted by atomic mass is 10.1. The first-order valence-corrected chi connectivity index (χ1v) is 9.16. The molecular weight excluding hydrogens is 304 g/mol. The summed E-state index contributed by atoms with van der Waals surface area (Å²) in [6.07, 6.45) is 5.04. The molecule has 1 atom stereocenters. The fraction of sp³-hybridized carbons (Fsp3) is 0.421. The van der Waals surface area contributed by atoms with Gasteiger partial charge in [-0.1, -0.05) is 18.6 Å². The van der Waals surface area contributed by atoms with Crippen LogP contribution >= 0.6 is 11.3 Å². The standard InChI is InChI=1S/C19H22N2OS/c20-15-16-6-4-7-17(14-16)22-18(19-8-5-13-23-19)9-12-21-10-2-1-3-11-21/h4-8,13-14,18H,1-3,9-12H2. The van der Waals surface area contributed by atoms with E-state index in [2.05, 4.69) is 28.5 Å². The lowest BCUT2D eigenvalue weighted by Gasteiger charge is -2.28. The number of rotatable bonds is 6. The van der Waals surface area contributed by atoms with Crippen molar-refractivity contribution >= 4 is 11.3 Å². The minimum absolute atomic E-state index is 0.0610. The molecule has 2 aromatic rings. The highest BCUT2D eigenvalue weighted by molar-refractivity contribution is 7.10. The molecule has 1 fully saturated rings. The van der Waals surface area contributed by atoms with Gasteiger partial charge in [0.1, 0.15) is 11.9 Å². The van der Waals surface area contributed by atoms with Gasteiger partial charge in [-0.2, -0.15) is 5.26 Å². The van der Waals surface area contributed by atoms with Crippen molar-refractivity contribution in [2.45, 2.75) is 31.8 Å². The number of likely N-dealkylation sites (tertiary alicyclic amines) is 1. The van der Waals surface area contributed by atoms with Gasteiger partial charge in [0.25, 0.3) is 0 Å². The number of hydrogen-bond donors (Lipinski definition) is 0. The number of thiophene rings is 1. The lowest BCUT2D eigenvalue weighted by Crippen LogP contribution is -2.31. The summed E-state index contributed by atoms with van der Waals surface area (Å²) in [5.41, 5.74) is 0.642. The number of hydrogen-bond acceptors (Lipinski definition) is 4. The highest BCUT2D eigenvalue weighted by atomic mass is 32.1. The van der Waals surface area contributed by atoms with E-state index in [4.69, 9.17) is 10.00 Å². The second kappa shape index (κ2) is 8.14. The summed E-state index contributed by atoms with van der Waals surface area (Å²) in [6.45, 7) is 3.49. The van der Waals surface area contributed by atoms with Gasteiger partial charge in [0, 0.05) is 17.8 Å². The van der Waals surface area contributed by atoms with E-state index in [1.54, 1.807) is 17.4 Å². The summed E-state index contributed by atoms with van der Waals surface area (Å²) in [5.74, 6) is 0.779. The van der Waals surface area contributed by atoms with Crippen molar-refractivity contribution in [3.8, 4) is 11.8 Å². The summed E-state index contributed by atoms with van der Waals surface area (Å²) < 4.78 is 6.23. The third kappa shape index (κ3) is 4.57. The second-order valence-corrected chi connectivity index (χ2v) is 6.93. The lowest BCUT2D eigenvalue weighted by molar-refractivity contribution is 0.155. The van der Waals surface area contributed by atoms with Crippen LogP contribution in [0.25, 0.3) is 0 Å². The quantitative estimate of drug-likeness (QED) is 0.777. The van der Waals surface area contributed by atoms with E-state index in [-0.39, 0.29) is 6.10 Å². The normalized spacial score (nSPS) is 16.7. The Labute approximate surface area is 142 Å². The molecule has 1 unspecified atom stereocenters. The maximum atomic E-state index is 9.04. The van der Waals surface area contributed by atoms with E-state index in [0.29, 0.717) is 5.56 Å². The van der Waals surface area contributed by atoms with E-state index >= 15 is 0 Å². The van der Waals surface area contributed by atoms with Gasteiger partial charge < -0.3 is 9.64 Å². The van der Waals surface area contributed by atoms with Crippen LogP contribution in [0.1, 0.15) is 42.2 Å². The first-order chi connectivity index (χ1) is 11.3. The van der Waals surface area contributed by atoms with Crippen molar-refractivity contribution in [3.63, 3.8) is 0 Å². The van der Waals surface area contributed by atoms with Crippen molar-refractivity contribution in [2.75, 3.05) is 19.6 Å². The Kier molecular flexibility index (Phi) is 5.68. The van der Waals surface area contributed by atoms with E-state index in [1.807, 2.05) is 18.2 Å². The Morgan fingerprint density at radius 3 is 2.78 bits per heavy atom. The van der Waals surface area contributed by atoms with Gasteiger partial charge in [-0.25, -0.2) is 0 Å². The molecule has 2 heterocycles. The van der Waals surface area contributed by atoms with Crippen LogP contribution in [0.3, 0.4) is 0 Å². The van der Waals surface area contributed by atoms with Gasteiger partial charge >= 0.3 is 0 Å². The zero-order chi connectivity index (χ0) is 15.9. The summed E-state index contributed by atoms with van der Waals surface area (Å²) in [7, 11) is 0. The summed E-state index contributed by atoms with van der Waals surface area (Å²) in [6, 6.07) is 13.8. The van der Waals surface area contributed by atoms with Crippen LogP contribution in [0.4, 0.5) is 0 Å². The first-order valence-electron chi connectivity index (χ1n) is 8.28. The molecule has 0 spiro atoms. The summed E-state index contributed by atoms with van der Waals surface area (Å²) in [5, 5.41) is 11.1. The highest BCUT2D eigenvalue weighted by Crippen LogP contribution is 2.29. The molecule has 120 valence electrons. The number of ether oxygens (including phenoxy) is 1. The van der Waals surface area contributed by atoms with E-state index in [9.17, 15) is 0 Å².